The number of rotatable bonds is 3. The average molecular weight is 296 g/mol. The number of aromatic nitrogens is 1. The minimum Gasteiger partial charge on any atom is -0.482 e. The molecule has 112 valence electrons. The molecule has 0 aliphatic rings. The van der Waals surface area contributed by atoms with Crippen molar-refractivity contribution in [1.82, 2.24) is 5.16 Å². The van der Waals surface area contributed by atoms with Crippen molar-refractivity contribution in [2.24, 2.45) is 0 Å². The van der Waals surface area contributed by atoms with Crippen LogP contribution in [-0.2, 0) is 0 Å². The van der Waals surface area contributed by atoms with Gasteiger partial charge in [-0.1, -0.05) is 5.16 Å². The van der Waals surface area contributed by atoms with E-state index in [1.165, 1.54) is 12.3 Å². The van der Waals surface area contributed by atoms with E-state index in [2.05, 4.69) is 15.0 Å². The molecule has 5 nitrogen and oxygen atoms in total. The second-order valence-electron chi connectivity index (χ2n) is 5.32. The Kier molecular flexibility index (Phi) is 3.93. The number of nitrogens with zero attached hydrogens (tertiary/aromatic N) is 1. The van der Waals surface area contributed by atoms with Crippen LogP contribution in [0.3, 0.4) is 0 Å². The summed E-state index contributed by atoms with van der Waals surface area (Å²) < 4.78 is 37.5. The van der Waals surface area contributed by atoms with Gasteiger partial charge in [0.05, 0.1) is 0 Å². The van der Waals surface area contributed by atoms with Crippen LogP contribution in [0, 0.1) is 11.6 Å². The molecular formula is C14H14F2N2O3. The minimum absolute atomic E-state index is 0.00540. The molecule has 0 saturated heterocycles. The fraction of sp³-hybridized carbons (Fsp3) is 0.286. The number of halogens is 2. The van der Waals surface area contributed by atoms with Gasteiger partial charge >= 0.3 is 0 Å². The average Bonchev–Trinajstić information content (AvgIpc) is 2.86. The van der Waals surface area contributed by atoms with Crippen LogP contribution in [0.15, 0.2) is 29.0 Å². The van der Waals surface area contributed by atoms with Crippen molar-refractivity contribution >= 4 is 11.6 Å². The molecule has 2 aromatic rings. The quantitative estimate of drug-likeness (QED) is 0.943. The van der Waals surface area contributed by atoms with E-state index in [9.17, 15) is 13.6 Å². The monoisotopic (exact) mass is 296 g/mol. The second kappa shape index (κ2) is 5.51. The molecule has 0 spiro atoms. The van der Waals surface area contributed by atoms with Crippen molar-refractivity contribution in [3.63, 3.8) is 0 Å². The molecule has 0 unspecified atom stereocenters. The summed E-state index contributed by atoms with van der Waals surface area (Å²) in [5.41, 5.74) is -0.780. The van der Waals surface area contributed by atoms with E-state index in [0.717, 1.165) is 12.1 Å². The summed E-state index contributed by atoms with van der Waals surface area (Å²) in [7, 11) is 0. The third-order valence-corrected chi connectivity index (χ3v) is 2.33. The fourth-order valence-corrected chi connectivity index (χ4v) is 1.56. The van der Waals surface area contributed by atoms with Gasteiger partial charge in [-0.2, -0.15) is 0 Å². The van der Waals surface area contributed by atoms with Crippen LogP contribution in [0.5, 0.6) is 5.75 Å². The first kappa shape index (κ1) is 15.0. The predicted octanol–water partition coefficient (Wildman–Crippen LogP) is 3.38. The number of hydrogen-bond donors (Lipinski definition) is 1. The van der Waals surface area contributed by atoms with Gasteiger partial charge in [-0.3, -0.25) is 4.79 Å². The van der Waals surface area contributed by atoms with Crippen LogP contribution in [0.4, 0.5) is 14.5 Å². The Balaban J connectivity index is 2.22. The molecule has 0 aliphatic heterocycles. The van der Waals surface area contributed by atoms with E-state index in [1.54, 1.807) is 20.8 Å². The Morgan fingerprint density at radius 2 is 1.90 bits per heavy atom. The van der Waals surface area contributed by atoms with Gasteiger partial charge in [-0.25, -0.2) is 8.78 Å². The van der Waals surface area contributed by atoms with Gasteiger partial charge in [0, 0.05) is 23.9 Å². The highest BCUT2D eigenvalue weighted by molar-refractivity contribution is 6.02. The molecule has 2 rings (SSSR count). The standard InChI is InChI=1S/C14H14F2N2O3/c1-14(2,3)21-12-9(15)6-8(7-10(12)16)17-13(19)11-4-5-20-18-11/h4-7H,1-3H3,(H,17,19). The molecule has 1 N–H and O–H groups in total. The first-order chi connectivity index (χ1) is 9.76. The molecule has 0 bridgehead atoms. The zero-order chi connectivity index (χ0) is 15.6. The minimum atomic E-state index is -0.902. The Bertz CT molecular complexity index is 626. The molecule has 1 aromatic heterocycles. The van der Waals surface area contributed by atoms with Crippen LogP contribution in [0.2, 0.25) is 0 Å². The van der Waals surface area contributed by atoms with Gasteiger partial charge in [0.2, 0.25) is 0 Å². The van der Waals surface area contributed by atoms with Gasteiger partial charge in [0.15, 0.2) is 23.1 Å². The SMILES string of the molecule is CC(C)(C)Oc1c(F)cc(NC(=O)c2ccon2)cc1F. The smallest absolute Gasteiger partial charge is 0.277 e. The van der Waals surface area contributed by atoms with E-state index in [0.29, 0.717) is 0 Å². The third-order valence-electron chi connectivity index (χ3n) is 2.33. The van der Waals surface area contributed by atoms with E-state index in [-0.39, 0.29) is 11.4 Å². The highest BCUT2D eigenvalue weighted by Crippen LogP contribution is 2.29. The molecule has 21 heavy (non-hydrogen) atoms. The third kappa shape index (κ3) is 3.77. The van der Waals surface area contributed by atoms with Crippen LogP contribution in [0.25, 0.3) is 0 Å². The van der Waals surface area contributed by atoms with Crippen LogP contribution >= 0.6 is 0 Å². The van der Waals surface area contributed by atoms with E-state index < -0.39 is 28.9 Å². The van der Waals surface area contributed by atoms with Gasteiger partial charge < -0.3 is 14.6 Å². The van der Waals surface area contributed by atoms with Crippen molar-refractivity contribution in [3.8, 4) is 5.75 Å². The molecule has 0 fully saturated rings. The molecule has 1 aromatic carbocycles. The van der Waals surface area contributed by atoms with E-state index in [4.69, 9.17) is 4.74 Å². The number of nitrogens with one attached hydrogen (secondary N) is 1. The zero-order valence-corrected chi connectivity index (χ0v) is 11.7. The first-order valence-corrected chi connectivity index (χ1v) is 6.16. The maximum atomic E-state index is 13.9. The topological polar surface area (TPSA) is 64.4 Å². The molecule has 0 radical (unpaired) electrons. The number of ether oxygens (including phenoxy) is 1. The molecule has 0 atom stereocenters. The zero-order valence-electron chi connectivity index (χ0n) is 11.7. The lowest BCUT2D eigenvalue weighted by atomic mass is 10.2. The predicted molar refractivity (Wildman–Crippen MR) is 71.2 cm³/mol. The lowest BCUT2D eigenvalue weighted by molar-refractivity contribution is 0.101. The Labute approximate surface area is 119 Å². The highest BCUT2D eigenvalue weighted by atomic mass is 19.1. The molecule has 7 heteroatoms. The van der Waals surface area contributed by atoms with Gasteiger partial charge in [0.25, 0.3) is 5.91 Å². The molecule has 0 aliphatic carbocycles. The van der Waals surface area contributed by atoms with E-state index >= 15 is 0 Å². The summed E-state index contributed by atoms with van der Waals surface area (Å²) in [5.74, 6) is -2.92. The number of amides is 1. The fourth-order valence-electron chi connectivity index (χ4n) is 1.56. The molecule has 1 heterocycles. The second-order valence-corrected chi connectivity index (χ2v) is 5.32. The van der Waals surface area contributed by atoms with Crippen molar-refractivity contribution < 1.29 is 22.8 Å². The molecule has 1 amide bonds. The van der Waals surface area contributed by atoms with Crippen LogP contribution in [-0.4, -0.2) is 16.7 Å². The number of benzene rings is 1. The normalized spacial score (nSPS) is 11.3. The maximum absolute atomic E-state index is 13.9. The number of anilines is 1. The van der Waals surface area contributed by atoms with Crippen LogP contribution in [0.1, 0.15) is 31.3 Å². The lowest BCUT2D eigenvalue weighted by Crippen LogP contribution is -2.24. The summed E-state index contributed by atoms with van der Waals surface area (Å²) in [5, 5.41) is 5.74. The van der Waals surface area contributed by atoms with Crippen molar-refractivity contribution in [2.45, 2.75) is 26.4 Å². The van der Waals surface area contributed by atoms with Crippen molar-refractivity contribution in [3.05, 3.63) is 41.8 Å². The number of carbonyl (C=O) groups is 1. The number of hydrogen-bond acceptors (Lipinski definition) is 4. The first-order valence-electron chi connectivity index (χ1n) is 6.16. The van der Waals surface area contributed by atoms with Crippen molar-refractivity contribution in [1.29, 1.82) is 0 Å². The summed E-state index contributed by atoms with van der Waals surface area (Å²) in [6.07, 6.45) is 1.22. The molecule has 0 saturated carbocycles. The largest absolute Gasteiger partial charge is 0.482 e. The van der Waals surface area contributed by atoms with Crippen LogP contribution < -0.4 is 10.1 Å². The van der Waals surface area contributed by atoms with Gasteiger partial charge in [-0.05, 0) is 20.8 Å². The van der Waals surface area contributed by atoms with Gasteiger partial charge in [0.1, 0.15) is 11.9 Å². The van der Waals surface area contributed by atoms with E-state index in [1.807, 2.05) is 0 Å². The summed E-state index contributed by atoms with van der Waals surface area (Å²) in [4.78, 5) is 11.7. The lowest BCUT2D eigenvalue weighted by Gasteiger charge is -2.22. The highest BCUT2D eigenvalue weighted by Gasteiger charge is 2.20. The molecular weight excluding hydrogens is 282 g/mol. The Hall–Kier alpha value is -2.44. The Morgan fingerprint density at radius 1 is 1.29 bits per heavy atom. The number of carbonyl (C=O) groups excluding carboxylic acids is 1. The summed E-state index contributed by atoms with van der Waals surface area (Å²) >= 11 is 0. The summed E-state index contributed by atoms with van der Waals surface area (Å²) in [6, 6.07) is 3.28. The summed E-state index contributed by atoms with van der Waals surface area (Å²) in [6.45, 7) is 5.02. The Morgan fingerprint density at radius 3 is 2.38 bits per heavy atom. The maximum Gasteiger partial charge on any atom is 0.277 e. The van der Waals surface area contributed by atoms with Crippen molar-refractivity contribution in [2.75, 3.05) is 5.32 Å². The van der Waals surface area contributed by atoms with Gasteiger partial charge in [-0.15, -0.1) is 0 Å².